The van der Waals surface area contributed by atoms with Crippen molar-refractivity contribution in [1.29, 1.82) is 0 Å². The summed E-state index contributed by atoms with van der Waals surface area (Å²) in [5.41, 5.74) is 0.736. The van der Waals surface area contributed by atoms with Crippen molar-refractivity contribution >= 4 is 23.5 Å². The Kier molecular flexibility index (Phi) is 5.93. The number of carbonyl (C=O) groups excluding carboxylic acids is 1. The number of nitrogens with zero attached hydrogens (tertiary/aromatic N) is 3. The Morgan fingerprint density at radius 3 is 2.50 bits per heavy atom. The zero-order valence-corrected chi connectivity index (χ0v) is 17.9. The summed E-state index contributed by atoms with van der Waals surface area (Å²) in [7, 11) is 0. The molecule has 4 fully saturated rings. The molecule has 1 aromatic heterocycles. The van der Waals surface area contributed by atoms with Gasteiger partial charge in [-0.25, -0.2) is 4.98 Å². The van der Waals surface area contributed by atoms with Gasteiger partial charge in [-0.15, -0.1) is 0 Å². The molecule has 0 radical (unpaired) electrons. The largest absolute Gasteiger partial charge is 0.378 e. The van der Waals surface area contributed by atoms with E-state index in [1.54, 1.807) is 11.8 Å². The minimum atomic E-state index is 0.0452. The van der Waals surface area contributed by atoms with E-state index in [0.29, 0.717) is 12.0 Å². The lowest BCUT2D eigenvalue weighted by atomic mass is 9.84. The van der Waals surface area contributed by atoms with Crippen LogP contribution in [-0.2, 0) is 4.74 Å². The second kappa shape index (κ2) is 8.96. The van der Waals surface area contributed by atoms with Gasteiger partial charge in [0, 0.05) is 47.2 Å². The molecule has 5 heterocycles. The number of ether oxygens (including phenoxy) is 1. The number of aromatic nitrogens is 1. The fraction of sp³-hybridized carbons (Fsp3) is 0.478. The minimum absolute atomic E-state index is 0.0452. The van der Waals surface area contributed by atoms with E-state index in [9.17, 15) is 4.79 Å². The molecule has 1 amide bonds. The van der Waals surface area contributed by atoms with Crippen molar-refractivity contribution in [2.24, 2.45) is 5.92 Å². The molecule has 1 aromatic carbocycles. The topological polar surface area (TPSA) is 57.7 Å². The summed E-state index contributed by atoms with van der Waals surface area (Å²) in [6, 6.07) is 12.4. The quantitative estimate of drug-likeness (QED) is 0.797. The van der Waals surface area contributed by atoms with Crippen LogP contribution in [0.3, 0.4) is 0 Å². The van der Waals surface area contributed by atoms with Crippen molar-refractivity contribution in [3.63, 3.8) is 0 Å². The van der Waals surface area contributed by atoms with Gasteiger partial charge >= 0.3 is 0 Å². The normalized spacial score (nSPS) is 25.9. The summed E-state index contributed by atoms with van der Waals surface area (Å²) >= 11 is 1.70. The molecule has 2 aromatic rings. The number of anilines is 1. The molecular weight excluding hydrogens is 396 g/mol. The molecule has 7 heteroatoms. The highest BCUT2D eigenvalue weighted by Crippen LogP contribution is 2.30. The molecule has 0 unspecified atom stereocenters. The van der Waals surface area contributed by atoms with Crippen molar-refractivity contribution < 1.29 is 9.53 Å². The molecule has 2 bridgehead atoms. The molecule has 0 spiro atoms. The van der Waals surface area contributed by atoms with E-state index in [2.05, 4.69) is 26.2 Å². The molecule has 6 rings (SSSR count). The van der Waals surface area contributed by atoms with Crippen LogP contribution in [0.15, 0.2) is 52.4 Å². The average molecular weight is 425 g/mol. The number of pyridine rings is 1. The fourth-order valence-electron chi connectivity index (χ4n) is 4.62. The van der Waals surface area contributed by atoms with Gasteiger partial charge < -0.3 is 19.9 Å². The van der Waals surface area contributed by atoms with E-state index < -0.39 is 0 Å². The minimum Gasteiger partial charge on any atom is -0.378 e. The maximum absolute atomic E-state index is 12.7. The van der Waals surface area contributed by atoms with Crippen LogP contribution >= 0.6 is 11.8 Å². The van der Waals surface area contributed by atoms with Gasteiger partial charge in [-0.2, -0.15) is 0 Å². The third-order valence-corrected chi connectivity index (χ3v) is 7.37. The molecule has 4 aliphatic heterocycles. The summed E-state index contributed by atoms with van der Waals surface area (Å²) < 4.78 is 5.43. The van der Waals surface area contributed by atoms with Crippen molar-refractivity contribution in [3.05, 3.63) is 48.2 Å². The molecule has 1 N–H and O–H groups in total. The molecule has 1 atom stereocenters. The Labute approximate surface area is 182 Å². The fourth-order valence-corrected chi connectivity index (χ4v) is 5.46. The number of nitrogens with one attached hydrogen (secondary N) is 1. The van der Waals surface area contributed by atoms with Crippen LogP contribution in [0, 0.1) is 5.92 Å². The van der Waals surface area contributed by atoms with Crippen LogP contribution in [0.2, 0.25) is 0 Å². The van der Waals surface area contributed by atoms with Crippen LogP contribution < -0.4 is 10.2 Å². The van der Waals surface area contributed by atoms with Gasteiger partial charge in [-0.3, -0.25) is 4.79 Å². The first-order chi connectivity index (χ1) is 14.7. The summed E-state index contributed by atoms with van der Waals surface area (Å²) in [6.45, 7) is 6.63. The molecule has 30 heavy (non-hydrogen) atoms. The van der Waals surface area contributed by atoms with E-state index in [4.69, 9.17) is 4.74 Å². The van der Waals surface area contributed by atoms with Crippen LogP contribution in [0.25, 0.3) is 0 Å². The highest BCUT2D eigenvalue weighted by molar-refractivity contribution is 7.99. The van der Waals surface area contributed by atoms with E-state index in [-0.39, 0.29) is 5.91 Å². The predicted octanol–water partition coefficient (Wildman–Crippen LogP) is 2.89. The lowest BCUT2D eigenvalue weighted by Crippen LogP contribution is -2.57. The van der Waals surface area contributed by atoms with Crippen LogP contribution in [-0.4, -0.2) is 67.8 Å². The molecule has 0 saturated carbocycles. The molecule has 0 aliphatic carbocycles. The van der Waals surface area contributed by atoms with Crippen LogP contribution in [0.5, 0.6) is 0 Å². The first-order valence-electron chi connectivity index (χ1n) is 10.8. The van der Waals surface area contributed by atoms with Gasteiger partial charge in [0.25, 0.3) is 5.91 Å². The summed E-state index contributed by atoms with van der Waals surface area (Å²) in [5, 5.41) is 3.27. The molecule has 6 nitrogen and oxygen atoms in total. The summed E-state index contributed by atoms with van der Waals surface area (Å²) in [5.74, 6) is 1.68. The highest BCUT2D eigenvalue weighted by Gasteiger charge is 2.34. The van der Waals surface area contributed by atoms with Crippen LogP contribution in [0.4, 0.5) is 5.82 Å². The number of carbonyl (C=O) groups is 1. The van der Waals surface area contributed by atoms with Gasteiger partial charge in [-0.1, -0.05) is 11.8 Å². The maximum Gasteiger partial charge on any atom is 0.251 e. The van der Waals surface area contributed by atoms with Crippen molar-refractivity contribution in [3.8, 4) is 0 Å². The Bertz CT molecular complexity index is 877. The second-order valence-corrected chi connectivity index (χ2v) is 9.44. The Morgan fingerprint density at radius 1 is 1.03 bits per heavy atom. The highest BCUT2D eigenvalue weighted by atomic mass is 32.2. The molecule has 4 aliphatic rings. The monoisotopic (exact) mass is 424 g/mol. The zero-order chi connectivity index (χ0) is 20.3. The number of rotatable bonds is 5. The van der Waals surface area contributed by atoms with Gasteiger partial charge in [0.05, 0.1) is 13.2 Å². The second-order valence-electron chi connectivity index (χ2n) is 8.29. The van der Waals surface area contributed by atoms with E-state index in [1.807, 2.05) is 36.5 Å². The number of piperidine rings is 3. The SMILES string of the molecule is O=C(N[C@H]1CN2CCC1CC2)c1ccc(Sc2ccnc(N3CCOCC3)c2)cc1. The molecule has 158 valence electrons. The molecular formula is C23H28N4O2S. The number of morpholine rings is 1. The number of hydrogen-bond donors (Lipinski definition) is 1. The zero-order valence-electron chi connectivity index (χ0n) is 17.1. The summed E-state index contributed by atoms with van der Waals surface area (Å²) in [4.78, 5) is 24.2. The third kappa shape index (κ3) is 4.48. The van der Waals surface area contributed by atoms with Crippen molar-refractivity contribution in [1.82, 2.24) is 15.2 Å². The lowest BCUT2D eigenvalue weighted by Gasteiger charge is -2.44. The Balaban J connectivity index is 1.20. The summed E-state index contributed by atoms with van der Waals surface area (Å²) in [6.07, 6.45) is 4.28. The van der Waals surface area contributed by atoms with Gasteiger partial charge in [0.2, 0.25) is 0 Å². The smallest absolute Gasteiger partial charge is 0.251 e. The number of fused-ring (bicyclic) bond motifs is 3. The van der Waals surface area contributed by atoms with Gasteiger partial charge in [0.15, 0.2) is 0 Å². The van der Waals surface area contributed by atoms with Gasteiger partial charge in [0.1, 0.15) is 5.82 Å². The lowest BCUT2D eigenvalue weighted by molar-refractivity contribution is 0.0620. The standard InChI is InChI=1S/C23H28N4O2S/c28-23(25-21-16-26-9-6-17(21)7-10-26)18-1-3-19(4-2-18)30-20-5-8-24-22(15-20)27-11-13-29-14-12-27/h1-5,8,15,17,21H,6-7,9-14,16H2,(H,25,28)/t21-/m0/s1. The van der Waals surface area contributed by atoms with E-state index in [1.165, 1.54) is 25.9 Å². The Hall–Kier alpha value is -2.09. The van der Waals surface area contributed by atoms with Crippen LogP contribution in [0.1, 0.15) is 23.2 Å². The van der Waals surface area contributed by atoms with E-state index in [0.717, 1.165) is 54.0 Å². The van der Waals surface area contributed by atoms with Crippen molar-refractivity contribution in [2.75, 3.05) is 50.8 Å². The maximum atomic E-state index is 12.7. The van der Waals surface area contributed by atoms with Gasteiger partial charge in [-0.05, 0) is 68.2 Å². The Morgan fingerprint density at radius 2 is 1.80 bits per heavy atom. The number of amides is 1. The third-order valence-electron chi connectivity index (χ3n) is 6.38. The predicted molar refractivity (Wildman–Crippen MR) is 118 cm³/mol. The first kappa shape index (κ1) is 19.8. The first-order valence-corrected chi connectivity index (χ1v) is 11.7. The van der Waals surface area contributed by atoms with Crippen molar-refractivity contribution in [2.45, 2.75) is 28.7 Å². The molecule has 4 saturated heterocycles. The average Bonchev–Trinajstić information content (AvgIpc) is 2.81. The number of hydrogen-bond acceptors (Lipinski definition) is 6. The van der Waals surface area contributed by atoms with E-state index >= 15 is 0 Å². The number of benzene rings is 1.